The Morgan fingerprint density at radius 3 is 1.79 bits per heavy atom. The molecule has 0 N–H and O–H groups in total. The standard InChI is InChI=1S/C14H11Br2NO2/c15-13(10-4-2-1-3-5-10)14(16)11-6-8-12(9-7-11)17(18)19/h1-9,13-14H/t13-,14+/m1/s1. The predicted octanol–water partition coefficient (Wildman–Crippen LogP) is 5.17. The summed E-state index contributed by atoms with van der Waals surface area (Å²) in [6, 6.07) is 16.6. The number of hydrogen-bond donors (Lipinski definition) is 0. The number of alkyl halides is 2. The molecule has 3 nitrogen and oxygen atoms in total. The monoisotopic (exact) mass is 383 g/mol. The Morgan fingerprint density at radius 1 is 0.842 bits per heavy atom. The largest absolute Gasteiger partial charge is 0.269 e. The van der Waals surface area contributed by atoms with Crippen LogP contribution >= 0.6 is 31.9 Å². The van der Waals surface area contributed by atoms with Gasteiger partial charge in [0.05, 0.1) is 14.6 Å². The summed E-state index contributed by atoms with van der Waals surface area (Å²) in [4.78, 5) is 10.4. The molecule has 0 aliphatic heterocycles. The third-order valence-corrected chi connectivity index (χ3v) is 5.62. The van der Waals surface area contributed by atoms with Gasteiger partial charge >= 0.3 is 0 Å². The predicted molar refractivity (Wildman–Crippen MR) is 82.9 cm³/mol. The number of benzene rings is 2. The number of hydrogen-bond acceptors (Lipinski definition) is 2. The molecule has 0 spiro atoms. The summed E-state index contributed by atoms with van der Waals surface area (Å²) < 4.78 is 0. The SMILES string of the molecule is O=[N+]([O-])c1ccc([C@H](Br)[C@H](Br)c2ccccc2)cc1. The van der Waals surface area contributed by atoms with Crippen molar-refractivity contribution in [3.8, 4) is 0 Å². The number of rotatable bonds is 4. The fraction of sp³-hybridized carbons (Fsp3) is 0.143. The van der Waals surface area contributed by atoms with Crippen molar-refractivity contribution in [1.29, 1.82) is 0 Å². The Hall–Kier alpha value is -1.20. The molecule has 0 fully saturated rings. The molecule has 2 atom stereocenters. The van der Waals surface area contributed by atoms with E-state index in [-0.39, 0.29) is 15.3 Å². The van der Waals surface area contributed by atoms with Crippen molar-refractivity contribution in [3.05, 3.63) is 75.8 Å². The normalized spacial score (nSPS) is 13.8. The van der Waals surface area contributed by atoms with Crippen molar-refractivity contribution in [2.45, 2.75) is 9.65 Å². The molecule has 98 valence electrons. The van der Waals surface area contributed by atoms with E-state index in [1.165, 1.54) is 12.1 Å². The van der Waals surface area contributed by atoms with Crippen LogP contribution in [-0.2, 0) is 0 Å². The van der Waals surface area contributed by atoms with Crippen molar-refractivity contribution >= 4 is 37.5 Å². The molecular formula is C14H11Br2NO2. The van der Waals surface area contributed by atoms with Gasteiger partial charge < -0.3 is 0 Å². The molecule has 0 radical (unpaired) electrons. The number of nitro benzene ring substituents is 1. The van der Waals surface area contributed by atoms with Gasteiger partial charge in [0.1, 0.15) is 0 Å². The van der Waals surface area contributed by atoms with Gasteiger partial charge in [0.15, 0.2) is 0 Å². The first-order valence-corrected chi connectivity index (χ1v) is 7.50. The lowest BCUT2D eigenvalue weighted by Gasteiger charge is -2.17. The van der Waals surface area contributed by atoms with Gasteiger partial charge in [-0.3, -0.25) is 10.1 Å². The molecule has 5 heteroatoms. The van der Waals surface area contributed by atoms with Crippen molar-refractivity contribution < 1.29 is 4.92 Å². The van der Waals surface area contributed by atoms with E-state index in [4.69, 9.17) is 0 Å². The van der Waals surface area contributed by atoms with Gasteiger partial charge in [-0.2, -0.15) is 0 Å². The van der Waals surface area contributed by atoms with E-state index in [2.05, 4.69) is 31.9 Å². The van der Waals surface area contributed by atoms with Crippen LogP contribution in [0.1, 0.15) is 20.8 Å². The van der Waals surface area contributed by atoms with Crippen LogP contribution in [0.4, 0.5) is 5.69 Å². The molecule has 0 aliphatic rings. The van der Waals surface area contributed by atoms with E-state index < -0.39 is 4.92 Å². The molecule has 0 aromatic heterocycles. The smallest absolute Gasteiger partial charge is 0.258 e. The summed E-state index contributed by atoms with van der Waals surface area (Å²) in [5.74, 6) is 0. The van der Waals surface area contributed by atoms with Gasteiger partial charge in [-0.25, -0.2) is 0 Å². The molecule has 0 amide bonds. The quantitative estimate of drug-likeness (QED) is 0.414. The van der Waals surface area contributed by atoms with Gasteiger partial charge in [-0.05, 0) is 11.1 Å². The first-order chi connectivity index (χ1) is 9.09. The van der Waals surface area contributed by atoms with E-state index >= 15 is 0 Å². The number of nitro groups is 1. The van der Waals surface area contributed by atoms with E-state index in [9.17, 15) is 10.1 Å². The van der Waals surface area contributed by atoms with Gasteiger partial charge in [0, 0.05) is 12.1 Å². The average Bonchev–Trinajstić information content (AvgIpc) is 2.46. The van der Waals surface area contributed by atoms with Crippen molar-refractivity contribution in [3.63, 3.8) is 0 Å². The summed E-state index contributed by atoms with van der Waals surface area (Å²) in [6.45, 7) is 0. The lowest BCUT2D eigenvalue weighted by molar-refractivity contribution is -0.384. The van der Waals surface area contributed by atoms with Gasteiger partial charge in [-0.1, -0.05) is 74.3 Å². The zero-order valence-electron chi connectivity index (χ0n) is 9.87. The molecule has 0 saturated heterocycles. The molecule has 0 bridgehead atoms. The highest BCUT2D eigenvalue weighted by molar-refractivity contribution is 9.12. The topological polar surface area (TPSA) is 43.1 Å². The molecule has 2 aromatic rings. The Bertz CT molecular complexity index is 557. The highest BCUT2D eigenvalue weighted by Crippen LogP contribution is 2.42. The summed E-state index contributed by atoms with van der Waals surface area (Å²) in [7, 11) is 0. The fourth-order valence-corrected chi connectivity index (χ4v) is 2.98. The minimum absolute atomic E-state index is 0.0516. The van der Waals surface area contributed by atoms with Crippen LogP contribution in [0.3, 0.4) is 0 Å². The van der Waals surface area contributed by atoms with E-state index in [0.29, 0.717) is 0 Å². The number of nitrogens with zero attached hydrogens (tertiary/aromatic N) is 1. The van der Waals surface area contributed by atoms with Crippen LogP contribution in [0.25, 0.3) is 0 Å². The van der Waals surface area contributed by atoms with Gasteiger partial charge in [0.25, 0.3) is 5.69 Å². The van der Waals surface area contributed by atoms with Crippen LogP contribution in [0.2, 0.25) is 0 Å². The minimum Gasteiger partial charge on any atom is -0.258 e. The Balaban J connectivity index is 2.19. The first-order valence-electron chi connectivity index (χ1n) is 5.67. The van der Waals surface area contributed by atoms with Crippen LogP contribution in [0.5, 0.6) is 0 Å². The second-order valence-corrected chi connectivity index (χ2v) is 6.04. The van der Waals surface area contributed by atoms with Gasteiger partial charge in [0.2, 0.25) is 0 Å². The highest BCUT2D eigenvalue weighted by atomic mass is 79.9. The summed E-state index contributed by atoms with van der Waals surface area (Å²) in [5, 5.41) is 10.6. The molecule has 0 aliphatic carbocycles. The van der Waals surface area contributed by atoms with E-state index in [1.807, 2.05) is 30.3 Å². The molecule has 19 heavy (non-hydrogen) atoms. The van der Waals surface area contributed by atoms with Crippen molar-refractivity contribution in [2.24, 2.45) is 0 Å². The van der Waals surface area contributed by atoms with Crippen molar-refractivity contribution in [1.82, 2.24) is 0 Å². The lowest BCUT2D eigenvalue weighted by Crippen LogP contribution is -1.99. The lowest BCUT2D eigenvalue weighted by atomic mass is 10.0. The summed E-state index contributed by atoms with van der Waals surface area (Å²) >= 11 is 7.29. The van der Waals surface area contributed by atoms with Crippen LogP contribution in [-0.4, -0.2) is 4.92 Å². The average molecular weight is 385 g/mol. The van der Waals surface area contributed by atoms with Crippen LogP contribution < -0.4 is 0 Å². The maximum absolute atomic E-state index is 10.6. The Kier molecular flexibility index (Phi) is 4.71. The Labute approximate surface area is 128 Å². The van der Waals surface area contributed by atoms with Crippen LogP contribution in [0.15, 0.2) is 54.6 Å². The molecular weight excluding hydrogens is 374 g/mol. The second kappa shape index (κ2) is 6.30. The second-order valence-electron chi connectivity index (χ2n) is 4.06. The van der Waals surface area contributed by atoms with E-state index in [1.54, 1.807) is 12.1 Å². The zero-order chi connectivity index (χ0) is 13.8. The summed E-state index contributed by atoms with van der Waals surface area (Å²) in [5.41, 5.74) is 2.26. The number of non-ortho nitro benzene ring substituents is 1. The first kappa shape index (κ1) is 14.2. The molecule has 2 rings (SSSR count). The fourth-order valence-electron chi connectivity index (χ4n) is 1.75. The molecule has 0 heterocycles. The maximum Gasteiger partial charge on any atom is 0.269 e. The minimum atomic E-state index is -0.393. The summed E-state index contributed by atoms with van der Waals surface area (Å²) in [6.07, 6.45) is 0. The molecule has 0 unspecified atom stereocenters. The highest BCUT2D eigenvalue weighted by Gasteiger charge is 2.20. The maximum atomic E-state index is 10.6. The van der Waals surface area contributed by atoms with Gasteiger partial charge in [-0.15, -0.1) is 0 Å². The third-order valence-electron chi connectivity index (χ3n) is 2.80. The third kappa shape index (κ3) is 3.42. The van der Waals surface area contributed by atoms with E-state index in [0.717, 1.165) is 11.1 Å². The molecule has 0 saturated carbocycles. The van der Waals surface area contributed by atoms with Crippen molar-refractivity contribution in [2.75, 3.05) is 0 Å². The molecule has 2 aromatic carbocycles. The van der Waals surface area contributed by atoms with Crippen LogP contribution in [0, 0.1) is 10.1 Å². The Morgan fingerprint density at radius 2 is 1.32 bits per heavy atom. The number of halogens is 2. The zero-order valence-corrected chi connectivity index (χ0v) is 13.0.